The summed E-state index contributed by atoms with van der Waals surface area (Å²) in [5.74, 6) is -0.0865. The van der Waals surface area contributed by atoms with Gasteiger partial charge in [-0.2, -0.15) is 0 Å². The molecule has 0 saturated heterocycles. The summed E-state index contributed by atoms with van der Waals surface area (Å²) in [6, 6.07) is 15.6. The average molecular weight is 374 g/mol. The largest absolute Gasteiger partial charge is 0.507 e. The predicted octanol–water partition coefficient (Wildman–Crippen LogP) is 4.33. The second-order valence-corrected chi connectivity index (χ2v) is 7.80. The molecule has 0 aliphatic rings. The van der Waals surface area contributed by atoms with E-state index in [-0.39, 0.29) is 17.3 Å². The monoisotopic (exact) mass is 373 g/mol. The van der Waals surface area contributed by atoms with Crippen molar-refractivity contribution in [1.82, 2.24) is 5.32 Å². The maximum absolute atomic E-state index is 11.6. The highest BCUT2D eigenvalue weighted by molar-refractivity contribution is 7.98. The van der Waals surface area contributed by atoms with Gasteiger partial charge in [0.15, 0.2) is 0 Å². The number of benzene rings is 2. The van der Waals surface area contributed by atoms with Crippen LogP contribution in [0.1, 0.15) is 38.0 Å². The molecule has 4 nitrogen and oxygen atoms in total. The number of ether oxygens (including phenoxy) is 1. The number of phenols is 1. The molecule has 1 atom stereocenters. The maximum Gasteiger partial charge on any atom is 0.303 e. The van der Waals surface area contributed by atoms with Crippen LogP contribution >= 0.6 is 11.8 Å². The SMILES string of the molecule is CSc1cc(C(CNC(C)(C)Cc2ccccc2)OC(C)=O)ccc1O. The Labute approximate surface area is 160 Å². The molecular weight excluding hydrogens is 346 g/mol. The third-order valence-electron chi connectivity index (χ3n) is 4.14. The second kappa shape index (κ2) is 9.10. The lowest BCUT2D eigenvalue weighted by atomic mass is 9.94. The molecule has 2 aromatic rings. The lowest BCUT2D eigenvalue weighted by Gasteiger charge is -2.29. The molecule has 0 heterocycles. The van der Waals surface area contributed by atoms with Crippen LogP contribution in [0.3, 0.4) is 0 Å². The third-order valence-corrected chi connectivity index (χ3v) is 4.91. The van der Waals surface area contributed by atoms with Gasteiger partial charge in [0.2, 0.25) is 0 Å². The molecule has 0 radical (unpaired) electrons. The third kappa shape index (κ3) is 6.07. The highest BCUT2D eigenvalue weighted by Gasteiger charge is 2.23. The predicted molar refractivity (Wildman–Crippen MR) is 107 cm³/mol. The first-order chi connectivity index (χ1) is 12.3. The fraction of sp³-hybridized carbons (Fsp3) is 0.381. The Morgan fingerprint density at radius 1 is 1.23 bits per heavy atom. The van der Waals surface area contributed by atoms with E-state index in [1.165, 1.54) is 24.2 Å². The molecule has 2 N–H and O–H groups in total. The summed E-state index contributed by atoms with van der Waals surface area (Å²) in [7, 11) is 0. The average Bonchev–Trinajstić information content (AvgIpc) is 2.59. The number of hydrogen-bond donors (Lipinski definition) is 2. The van der Waals surface area contributed by atoms with Gasteiger partial charge < -0.3 is 15.2 Å². The van der Waals surface area contributed by atoms with Crippen molar-refractivity contribution in [3.05, 3.63) is 59.7 Å². The number of phenolic OH excluding ortho intramolecular Hbond substituents is 1. The second-order valence-electron chi connectivity index (χ2n) is 6.96. The maximum atomic E-state index is 11.6. The van der Waals surface area contributed by atoms with Gasteiger partial charge in [-0.05, 0) is 49.8 Å². The molecule has 140 valence electrons. The Balaban J connectivity index is 2.11. The van der Waals surface area contributed by atoms with E-state index >= 15 is 0 Å². The number of nitrogens with one attached hydrogen (secondary N) is 1. The zero-order valence-electron chi connectivity index (χ0n) is 15.8. The van der Waals surface area contributed by atoms with Crippen molar-refractivity contribution in [1.29, 1.82) is 0 Å². The highest BCUT2D eigenvalue weighted by Crippen LogP contribution is 2.30. The summed E-state index contributed by atoms with van der Waals surface area (Å²) in [5.41, 5.74) is 1.97. The van der Waals surface area contributed by atoms with Gasteiger partial charge in [-0.1, -0.05) is 36.4 Å². The Hall–Kier alpha value is -1.98. The highest BCUT2D eigenvalue weighted by atomic mass is 32.2. The van der Waals surface area contributed by atoms with Gasteiger partial charge >= 0.3 is 5.97 Å². The van der Waals surface area contributed by atoms with Crippen LogP contribution in [-0.4, -0.2) is 29.4 Å². The van der Waals surface area contributed by atoms with E-state index in [4.69, 9.17) is 4.74 Å². The normalized spacial score (nSPS) is 12.6. The molecule has 2 rings (SSSR count). The molecule has 0 aliphatic carbocycles. The standard InChI is InChI=1S/C21H27NO3S/c1-15(23)25-19(17-10-11-18(24)20(12-17)26-4)14-22-21(2,3)13-16-8-6-5-7-9-16/h5-12,19,22,24H,13-14H2,1-4H3. The van der Waals surface area contributed by atoms with Crippen LogP contribution in [0.25, 0.3) is 0 Å². The van der Waals surface area contributed by atoms with E-state index in [9.17, 15) is 9.90 Å². The van der Waals surface area contributed by atoms with Crippen LogP contribution in [0.4, 0.5) is 0 Å². The zero-order valence-corrected chi connectivity index (χ0v) is 16.6. The van der Waals surface area contributed by atoms with E-state index in [2.05, 4.69) is 31.3 Å². The van der Waals surface area contributed by atoms with Gasteiger partial charge in [0, 0.05) is 23.9 Å². The van der Waals surface area contributed by atoms with Gasteiger partial charge in [0.25, 0.3) is 0 Å². The topological polar surface area (TPSA) is 58.6 Å². The summed E-state index contributed by atoms with van der Waals surface area (Å²) in [6.45, 7) is 6.18. The summed E-state index contributed by atoms with van der Waals surface area (Å²) >= 11 is 1.46. The zero-order chi connectivity index (χ0) is 19.2. The molecule has 0 spiro atoms. The first-order valence-electron chi connectivity index (χ1n) is 8.64. The van der Waals surface area contributed by atoms with Crippen LogP contribution in [0.5, 0.6) is 5.75 Å². The van der Waals surface area contributed by atoms with Crippen molar-refractivity contribution in [2.24, 2.45) is 0 Å². The number of carbonyl (C=O) groups excluding carboxylic acids is 1. The first kappa shape index (κ1) is 20.3. The van der Waals surface area contributed by atoms with E-state index in [0.29, 0.717) is 6.54 Å². The minimum absolute atomic E-state index is 0.154. The van der Waals surface area contributed by atoms with Gasteiger partial charge in [-0.25, -0.2) is 0 Å². The molecule has 5 heteroatoms. The Kier molecular flexibility index (Phi) is 7.12. The van der Waals surface area contributed by atoms with E-state index in [0.717, 1.165) is 16.9 Å². The molecule has 0 aromatic heterocycles. The summed E-state index contributed by atoms with van der Waals surface area (Å²) in [6.07, 6.45) is 2.36. The fourth-order valence-electron chi connectivity index (χ4n) is 2.86. The smallest absolute Gasteiger partial charge is 0.303 e. The Bertz CT molecular complexity index is 731. The number of carbonyl (C=O) groups is 1. The number of thioether (sulfide) groups is 1. The molecule has 0 amide bonds. The van der Waals surface area contributed by atoms with Gasteiger partial charge in [0.05, 0.1) is 0 Å². The van der Waals surface area contributed by atoms with Crippen molar-refractivity contribution < 1.29 is 14.6 Å². The molecule has 0 bridgehead atoms. The van der Waals surface area contributed by atoms with Gasteiger partial charge in [0.1, 0.15) is 11.9 Å². The van der Waals surface area contributed by atoms with E-state index in [1.807, 2.05) is 30.5 Å². The molecule has 1 unspecified atom stereocenters. The molecule has 0 saturated carbocycles. The summed E-state index contributed by atoms with van der Waals surface area (Å²) in [4.78, 5) is 12.3. The van der Waals surface area contributed by atoms with Crippen molar-refractivity contribution >= 4 is 17.7 Å². The van der Waals surface area contributed by atoms with Crippen molar-refractivity contribution in [2.75, 3.05) is 12.8 Å². The molecule has 0 aliphatic heterocycles. The van der Waals surface area contributed by atoms with E-state index in [1.54, 1.807) is 12.1 Å². The lowest BCUT2D eigenvalue weighted by Crippen LogP contribution is -2.43. The van der Waals surface area contributed by atoms with Crippen LogP contribution in [0, 0.1) is 0 Å². The van der Waals surface area contributed by atoms with Crippen LogP contribution in [0.15, 0.2) is 53.4 Å². The first-order valence-corrected chi connectivity index (χ1v) is 9.86. The number of aromatic hydroxyl groups is 1. The van der Waals surface area contributed by atoms with Gasteiger partial charge in [-0.3, -0.25) is 4.79 Å². The molecule has 26 heavy (non-hydrogen) atoms. The van der Waals surface area contributed by atoms with Crippen molar-refractivity contribution in [3.63, 3.8) is 0 Å². The molecular formula is C21H27NO3S. The molecule has 2 aromatic carbocycles. The summed E-state index contributed by atoms with van der Waals surface area (Å²) < 4.78 is 5.53. The van der Waals surface area contributed by atoms with Crippen LogP contribution in [0.2, 0.25) is 0 Å². The van der Waals surface area contributed by atoms with Crippen molar-refractivity contribution in [2.45, 2.75) is 43.7 Å². The van der Waals surface area contributed by atoms with Gasteiger partial charge in [-0.15, -0.1) is 11.8 Å². The van der Waals surface area contributed by atoms with Crippen molar-refractivity contribution in [3.8, 4) is 5.75 Å². The van der Waals surface area contributed by atoms with Crippen LogP contribution < -0.4 is 5.32 Å². The Morgan fingerprint density at radius 2 is 1.92 bits per heavy atom. The lowest BCUT2D eigenvalue weighted by molar-refractivity contribution is -0.146. The minimum Gasteiger partial charge on any atom is -0.507 e. The van der Waals surface area contributed by atoms with E-state index < -0.39 is 6.10 Å². The Morgan fingerprint density at radius 3 is 2.54 bits per heavy atom. The number of esters is 1. The number of rotatable bonds is 8. The summed E-state index contributed by atoms with van der Waals surface area (Å²) in [5, 5.41) is 13.4. The fourth-order valence-corrected chi connectivity index (χ4v) is 3.39. The minimum atomic E-state index is -0.408. The van der Waals surface area contributed by atoms with Crippen LogP contribution in [-0.2, 0) is 16.0 Å². The molecule has 0 fully saturated rings. The number of hydrogen-bond acceptors (Lipinski definition) is 5. The quantitative estimate of drug-likeness (QED) is 0.533.